The van der Waals surface area contributed by atoms with Crippen LogP contribution >= 0.6 is 0 Å². The van der Waals surface area contributed by atoms with Crippen molar-refractivity contribution in [2.75, 3.05) is 0 Å². The zero-order valence-electron chi connectivity index (χ0n) is 17.9. The Bertz CT molecular complexity index is 1330. The Morgan fingerprint density at radius 3 is 2.78 bits per heavy atom. The molecule has 1 N–H and O–H groups in total. The standard InChI is InChI=1S/C23H26N6O2S/c1-2-17-13-18(21-7-4-11-28-12-10-24-23(21)28)8-9-22(17)32(30,31)27-19-5-3-6-20(14-19)29-15-25-26-16-29/h4,7-13,15-16,19-20,27H,2-3,5-6,14H2,1H3. The van der Waals surface area contributed by atoms with Crippen LogP contribution in [0.25, 0.3) is 16.8 Å². The fraction of sp³-hybridized carbons (Fsp3) is 0.348. The van der Waals surface area contributed by atoms with Crippen LogP contribution in [0.3, 0.4) is 0 Å². The molecule has 4 aromatic rings. The van der Waals surface area contributed by atoms with Crippen molar-refractivity contribution in [1.29, 1.82) is 0 Å². The molecule has 1 saturated carbocycles. The zero-order valence-corrected chi connectivity index (χ0v) is 18.7. The van der Waals surface area contributed by atoms with Gasteiger partial charge in [-0.2, -0.15) is 0 Å². The van der Waals surface area contributed by atoms with Gasteiger partial charge in [-0.15, -0.1) is 10.2 Å². The van der Waals surface area contributed by atoms with E-state index in [4.69, 9.17) is 0 Å². The van der Waals surface area contributed by atoms with Crippen molar-refractivity contribution in [2.24, 2.45) is 0 Å². The van der Waals surface area contributed by atoms with E-state index in [9.17, 15) is 8.42 Å². The fourth-order valence-electron chi connectivity index (χ4n) is 4.68. The number of fused-ring (bicyclic) bond motifs is 1. The van der Waals surface area contributed by atoms with E-state index in [1.54, 1.807) is 24.9 Å². The molecule has 3 heterocycles. The van der Waals surface area contributed by atoms with Gasteiger partial charge in [-0.1, -0.05) is 13.0 Å². The van der Waals surface area contributed by atoms with Gasteiger partial charge in [0.15, 0.2) is 0 Å². The monoisotopic (exact) mass is 450 g/mol. The van der Waals surface area contributed by atoms with Crippen LogP contribution in [0.1, 0.15) is 44.2 Å². The summed E-state index contributed by atoms with van der Waals surface area (Å²) in [6, 6.07) is 9.66. The van der Waals surface area contributed by atoms with Gasteiger partial charge in [-0.05, 0) is 67.5 Å². The maximum absolute atomic E-state index is 13.3. The molecule has 1 aliphatic rings. The predicted octanol–water partition coefficient (Wildman–Crippen LogP) is 3.62. The average Bonchev–Trinajstić information content (AvgIpc) is 3.50. The van der Waals surface area contributed by atoms with E-state index in [2.05, 4.69) is 19.9 Å². The topological polar surface area (TPSA) is 94.2 Å². The molecular weight excluding hydrogens is 424 g/mol. The van der Waals surface area contributed by atoms with Crippen LogP contribution in [0, 0.1) is 0 Å². The minimum atomic E-state index is -3.64. The second kappa shape index (κ2) is 8.48. The summed E-state index contributed by atoms with van der Waals surface area (Å²) in [4.78, 5) is 4.80. The number of pyridine rings is 1. The Labute approximate surface area is 187 Å². The Kier molecular flexibility index (Phi) is 5.52. The molecular formula is C23H26N6O2S. The number of aryl methyl sites for hydroxylation is 1. The number of imidazole rings is 1. The molecule has 0 radical (unpaired) electrons. The number of hydrogen-bond donors (Lipinski definition) is 1. The summed E-state index contributed by atoms with van der Waals surface area (Å²) in [6.45, 7) is 1.98. The third-order valence-electron chi connectivity index (χ3n) is 6.29. The van der Waals surface area contributed by atoms with E-state index in [1.807, 2.05) is 52.6 Å². The van der Waals surface area contributed by atoms with E-state index in [-0.39, 0.29) is 12.1 Å². The minimum Gasteiger partial charge on any atom is -0.317 e. The molecule has 0 amide bonds. The Morgan fingerprint density at radius 2 is 1.97 bits per heavy atom. The van der Waals surface area contributed by atoms with E-state index >= 15 is 0 Å². The average molecular weight is 451 g/mol. The van der Waals surface area contributed by atoms with Gasteiger partial charge in [-0.3, -0.25) is 0 Å². The van der Waals surface area contributed by atoms with Crippen molar-refractivity contribution in [3.63, 3.8) is 0 Å². The number of rotatable bonds is 6. The highest BCUT2D eigenvalue weighted by Crippen LogP contribution is 2.31. The first-order valence-corrected chi connectivity index (χ1v) is 12.4. The van der Waals surface area contributed by atoms with Crippen LogP contribution in [0.5, 0.6) is 0 Å². The highest BCUT2D eigenvalue weighted by molar-refractivity contribution is 7.89. The van der Waals surface area contributed by atoms with E-state index < -0.39 is 10.0 Å². The smallest absolute Gasteiger partial charge is 0.241 e. The number of sulfonamides is 1. The van der Waals surface area contributed by atoms with E-state index in [0.29, 0.717) is 11.3 Å². The molecule has 166 valence electrons. The first-order valence-electron chi connectivity index (χ1n) is 11.0. The Morgan fingerprint density at radius 1 is 1.12 bits per heavy atom. The summed E-state index contributed by atoms with van der Waals surface area (Å²) in [5.74, 6) is 0. The molecule has 0 saturated heterocycles. The maximum Gasteiger partial charge on any atom is 0.241 e. The lowest BCUT2D eigenvalue weighted by Crippen LogP contribution is -2.39. The van der Waals surface area contributed by atoms with Crippen molar-refractivity contribution in [3.8, 4) is 11.1 Å². The molecule has 1 fully saturated rings. The van der Waals surface area contributed by atoms with Gasteiger partial charge in [0.1, 0.15) is 18.3 Å². The summed E-state index contributed by atoms with van der Waals surface area (Å²) in [5.41, 5.74) is 3.59. The van der Waals surface area contributed by atoms with Crippen molar-refractivity contribution >= 4 is 15.7 Å². The molecule has 0 aliphatic heterocycles. The van der Waals surface area contributed by atoms with Gasteiger partial charge in [-0.25, -0.2) is 18.1 Å². The normalized spacial score (nSPS) is 19.4. The Hall–Kier alpha value is -3.04. The number of nitrogens with one attached hydrogen (secondary N) is 1. The molecule has 1 aliphatic carbocycles. The predicted molar refractivity (Wildman–Crippen MR) is 122 cm³/mol. The summed E-state index contributed by atoms with van der Waals surface area (Å²) >= 11 is 0. The molecule has 9 heteroatoms. The van der Waals surface area contributed by atoms with Gasteiger partial charge < -0.3 is 8.97 Å². The van der Waals surface area contributed by atoms with E-state index in [0.717, 1.165) is 48.0 Å². The number of nitrogens with zero attached hydrogens (tertiary/aromatic N) is 5. The highest BCUT2D eigenvalue weighted by atomic mass is 32.2. The second-order valence-corrected chi connectivity index (χ2v) is 9.99. The molecule has 5 rings (SSSR count). The van der Waals surface area contributed by atoms with Crippen molar-refractivity contribution < 1.29 is 8.42 Å². The highest BCUT2D eigenvalue weighted by Gasteiger charge is 2.28. The molecule has 32 heavy (non-hydrogen) atoms. The maximum atomic E-state index is 13.3. The lowest BCUT2D eigenvalue weighted by molar-refractivity contribution is 0.305. The van der Waals surface area contributed by atoms with Gasteiger partial charge in [0, 0.05) is 36.2 Å². The molecule has 8 nitrogen and oxygen atoms in total. The quantitative estimate of drug-likeness (QED) is 0.484. The first kappa shape index (κ1) is 20.8. The summed E-state index contributed by atoms with van der Waals surface area (Å²) in [5, 5.41) is 7.77. The molecule has 0 bridgehead atoms. The summed E-state index contributed by atoms with van der Waals surface area (Å²) < 4.78 is 33.6. The second-order valence-electron chi connectivity index (χ2n) is 8.30. The third kappa shape index (κ3) is 3.93. The van der Waals surface area contributed by atoms with Crippen LogP contribution in [0.2, 0.25) is 0 Å². The zero-order chi connectivity index (χ0) is 22.1. The van der Waals surface area contributed by atoms with Crippen LogP contribution in [-0.2, 0) is 16.4 Å². The molecule has 2 unspecified atom stereocenters. The SMILES string of the molecule is CCc1cc(-c2cccn3ccnc23)ccc1S(=O)(=O)NC1CCCC(n2cnnc2)C1. The first-order chi connectivity index (χ1) is 15.5. The Balaban J connectivity index is 1.41. The lowest BCUT2D eigenvalue weighted by Gasteiger charge is -2.30. The molecule has 3 aromatic heterocycles. The largest absolute Gasteiger partial charge is 0.317 e. The van der Waals surface area contributed by atoms with Crippen LogP contribution in [-0.4, -0.2) is 38.6 Å². The van der Waals surface area contributed by atoms with Crippen LogP contribution < -0.4 is 4.72 Å². The number of aromatic nitrogens is 5. The van der Waals surface area contributed by atoms with Crippen LogP contribution in [0.15, 0.2) is 66.5 Å². The van der Waals surface area contributed by atoms with Crippen molar-refractivity contribution in [1.82, 2.24) is 28.9 Å². The van der Waals surface area contributed by atoms with Gasteiger partial charge in [0.05, 0.1) is 4.90 Å². The summed E-state index contributed by atoms with van der Waals surface area (Å²) in [6.07, 6.45) is 13.2. The molecule has 0 spiro atoms. The van der Waals surface area contributed by atoms with Crippen molar-refractivity contribution in [3.05, 3.63) is 67.1 Å². The van der Waals surface area contributed by atoms with Crippen molar-refractivity contribution in [2.45, 2.75) is 56.0 Å². The van der Waals surface area contributed by atoms with E-state index in [1.165, 1.54) is 0 Å². The number of hydrogen-bond acceptors (Lipinski definition) is 5. The molecule has 1 aromatic carbocycles. The minimum absolute atomic E-state index is 0.107. The van der Waals surface area contributed by atoms with Crippen LogP contribution in [0.4, 0.5) is 0 Å². The van der Waals surface area contributed by atoms with Gasteiger partial charge >= 0.3 is 0 Å². The fourth-order valence-corrected chi connectivity index (χ4v) is 6.26. The summed E-state index contributed by atoms with van der Waals surface area (Å²) in [7, 11) is -3.64. The van der Waals surface area contributed by atoms with Gasteiger partial charge in [0.25, 0.3) is 0 Å². The van der Waals surface area contributed by atoms with Gasteiger partial charge in [0.2, 0.25) is 10.0 Å². The lowest BCUT2D eigenvalue weighted by atomic mass is 9.91. The molecule has 2 atom stereocenters. The number of benzene rings is 1. The third-order valence-corrected chi connectivity index (χ3v) is 7.91.